The third-order valence-corrected chi connectivity index (χ3v) is 3.60. The molecule has 1 aromatic carbocycles. The maximum Gasteiger partial charge on any atom is 0.168 e. The molecule has 1 N–H and O–H groups in total. The Morgan fingerprint density at radius 1 is 1.41 bits per heavy atom. The van der Waals surface area contributed by atoms with Crippen LogP contribution in [0.3, 0.4) is 0 Å². The van der Waals surface area contributed by atoms with Crippen LogP contribution in [0.15, 0.2) is 37.2 Å². The average Bonchev–Trinajstić information content (AvgIpc) is 2.29. The van der Waals surface area contributed by atoms with Gasteiger partial charge in [0.05, 0.1) is 6.21 Å². The van der Waals surface area contributed by atoms with Gasteiger partial charge >= 0.3 is 0 Å². The first-order valence-electron chi connectivity index (χ1n) is 4.71. The van der Waals surface area contributed by atoms with Gasteiger partial charge in [0.25, 0.3) is 0 Å². The van der Waals surface area contributed by atoms with Crippen LogP contribution in [0, 0.1) is 0 Å². The summed E-state index contributed by atoms with van der Waals surface area (Å²) < 4.78 is 1.83. The van der Waals surface area contributed by atoms with Gasteiger partial charge in [-0.3, -0.25) is 0 Å². The molecule has 2 rings (SSSR count). The van der Waals surface area contributed by atoms with Crippen molar-refractivity contribution in [3.63, 3.8) is 0 Å². The van der Waals surface area contributed by atoms with Crippen LogP contribution in [0.2, 0.25) is 0 Å². The van der Waals surface area contributed by atoms with Gasteiger partial charge in [0, 0.05) is 14.5 Å². The van der Waals surface area contributed by atoms with Crippen molar-refractivity contribution >= 4 is 54.8 Å². The van der Waals surface area contributed by atoms with Gasteiger partial charge in [-0.1, -0.05) is 49.5 Å². The van der Waals surface area contributed by atoms with E-state index in [1.807, 2.05) is 18.2 Å². The molecule has 1 unspecified atom stereocenters. The Morgan fingerprint density at radius 3 is 2.82 bits per heavy atom. The second kappa shape index (κ2) is 5.48. The zero-order valence-electron chi connectivity index (χ0n) is 8.52. The van der Waals surface area contributed by atoms with E-state index >= 15 is 0 Å². The first kappa shape index (κ1) is 13.0. The maximum absolute atomic E-state index is 9.23. The van der Waals surface area contributed by atoms with E-state index in [4.69, 9.17) is 11.6 Å². The van der Waals surface area contributed by atoms with E-state index in [9.17, 15) is 5.11 Å². The molecule has 1 aromatic rings. The van der Waals surface area contributed by atoms with Gasteiger partial charge in [-0.2, -0.15) is 5.10 Å². The molecule has 90 valence electrons. The Morgan fingerprint density at radius 2 is 2.18 bits per heavy atom. The lowest BCUT2D eigenvalue weighted by molar-refractivity contribution is 0.0725. The summed E-state index contributed by atoms with van der Waals surface area (Å²) in [4.78, 5) is 4.25. The zero-order chi connectivity index (χ0) is 12.4. The molecule has 0 saturated heterocycles. The molecule has 0 aliphatic carbocycles. The molecule has 1 heterocycles. The first-order valence-corrected chi connectivity index (χ1v) is 6.68. The summed E-state index contributed by atoms with van der Waals surface area (Å²) >= 11 is 12.7. The number of benzene rings is 1. The number of hydrazone groups is 1. The average molecular weight is 381 g/mol. The summed E-state index contributed by atoms with van der Waals surface area (Å²) in [6.07, 6.45) is 0.987. The summed E-state index contributed by atoms with van der Waals surface area (Å²) in [6, 6.07) is 5.71. The Bertz CT molecular complexity index is 492. The van der Waals surface area contributed by atoms with E-state index in [2.05, 4.69) is 42.0 Å². The van der Waals surface area contributed by atoms with Crippen molar-refractivity contribution in [3.8, 4) is 0 Å². The van der Waals surface area contributed by atoms with Crippen molar-refractivity contribution in [2.24, 2.45) is 10.1 Å². The van der Waals surface area contributed by atoms with Crippen LogP contribution < -0.4 is 0 Å². The lowest BCUT2D eigenvalue weighted by Gasteiger charge is -2.27. The minimum absolute atomic E-state index is 0.225. The van der Waals surface area contributed by atoms with E-state index < -0.39 is 6.17 Å². The van der Waals surface area contributed by atoms with Crippen LogP contribution in [-0.2, 0) is 0 Å². The van der Waals surface area contributed by atoms with Crippen molar-refractivity contribution in [3.05, 3.63) is 32.7 Å². The zero-order valence-corrected chi connectivity index (χ0v) is 12.4. The number of aliphatic imine (C=N–C) groups is 1. The topological polar surface area (TPSA) is 48.2 Å². The molecule has 0 spiro atoms. The number of aliphatic hydroxyl groups excluding tert-OH is 1. The van der Waals surface area contributed by atoms with E-state index in [0.717, 1.165) is 14.5 Å². The van der Waals surface area contributed by atoms with Gasteiger partial charge in [0.15, 0.2) is 6.17 Å². The van der Waals surface area contributed by atoms with Gasteiger partial charge in [-0.15, -0.1) is 0 Å². The van der Waals surface area contributed by atoms with Crippen LogP contribution >= 0.6 is 43.5 Å². The molecule has 0 radical (unpaired) electrons. The summed E-state index contributed by atoms with van der Waals surface area (Å²) in [6.45, 7) is -0.225. The van der Waals surface area contributed by atoms with Crippen LogP contribution in [0.4, 0.5) is 0 Å². The molecule has 0 bridgehead atoms. The standard InChI is InChI=1S/C10H8Br2ClN3O/c11-6-1-2-7(8(12)3-6)10-15-9(13)4-14-16(10)5-17/h1-4,10,17H,5H2. The molecular weight excluding hydrogens is 373 g/mol. The fourth-order valence-corrected chi connectivity index (χ4v) is 2.84. The van der Waals surface area contributed by atoms with E-state index in [1.165, 1.54) is 11.2 Å². The fraction of sp³-hybridized carbons (Fsp3) is 0.200. The normalized spacial score (nSPS) is 19.4. The van der Waals surface area contributed by atoms with Gasteiger partial charge in [-0.05, 0) is 12.1 Å². The third-order valence-electron chi connectivity index (χ3n) is 2.23. The lowest BCUT2D eigenvalue weighted by atomic mass is 10.1. The van der Waals surface area contributed by atoms with Crippen molar-refractivity contribution in [1.29, 1.82) is 0 Å². The minimum Gasteiger partial charge on any atom is -0.375 e. The molecule has 4 nitrogen and oxygen atoms in total. The summed E-state index contributed by atoms with van der Waals surface area (Å²) in [5, 5.41) is 15.0. The van der Waals surface area contributed by atoms with Crippen LogP contribution in [0.25, 0.3) is 0 Å². The monoisotopic (exact) mass is 379 g/mol. The van der Waals surface area contributed by atoms with Crippen LogP contribution in [0.5, 0.6) is 0 Å². The molecule has 0 fully saturated rings. The minimum atomic E-state index is -0.417. The molecule has 7 heteroatoms. The highest BCUT2D eigenvalue weighted by Gasteiger charge is 2.23. The number of rotatable bonds is 2. The quantitative estimate of drug-likeness (QED) is 0.856. The number of aliphatic hydroxyl groups is 1. The Labute approximate surface area is 120 Å². The number of hydrogen-bond donors (Lipinski definition) is 1. The van der Waals surface area contributed by atoms with Gasteiger partial charge in [0.1, 0.15) is 11.9 Å². The molecule has 1 aliphatic heterocycles. The molecule has 1 aliphatic rings. The van der Waals surface area contributed by atoms with Gasteiger partial charge < -0.3 is 5.11 Å². The summed E-state index contributed by atoms with van der Waals surface area (Å²) in [7, 11) is 0. The summed E-state index contributed by atoms with van der Waals surface area (Å²) in [5.74, 6) is 0. The van der Waals surface area contributed by atoms with Crippen LogP contribution in [0.1, 0.15) is 11.7 Å². The maximum atomic E-state index is 9.23. The van der Waals surface area contributed by atoms with Crippen molar-refractivity contribution in [2.45, 2.75) is 6.17 Å². The van der Waals surface area contributed by atoms with Crippen molar-refractivity contribution in [1.82, 2.24) is 5.01 Å². The SMILES string of the molecule is OCN1N=CC(Cl)=NC1c1ccc(Br)cc1Br. The molecule has 0 saturated carbocycles. The lowest BCUT2D eigenvalue weighted by Crippen LogP contribution is -2.28. The first-order chi connectivity index (χ1) is 8.11. The highest BCUT2D eigenvalue weighted by Crippen LogP contribution is 2.32. The Hall–Kier alpha value is -0.430. The van der Waals surface area contributed by atoms with Crippen LogP contribution in [-0.4, -0.2) is 28.2 Å². The molecule has 17 heavy (non-hydrogen) atoms. The predicted molar refractivity (Wildman–Crippen MR) is 75.3 cm³/mol. The Kier molecular flexibility index (Phi) is 4.19. The highest BCUT2D eigenvalue weighted by atomic mass is 79.9. The highest BCUT2D eigenvalue weighted by molar-refractivity contribution is 9.11. The summed E-state index contributed by atoms with van der Waals surface area (Å²) in [5.41, 5.74) is 0.886. The molecule has 0 amide bonds. The van der Waals surface area contributed by atoms with E-state index in [-0.39, 0.29) is 6.73 Å². The number of halogens is 3. The Balaban J connectivity index is 2.40. The second-order valence-electron chi connectivity index (χ2n) is 3.32. The predicted octanol–water partition coefficient (Wildman–Crippen LogP) is 3.10. The van der Waals surface area contributed by atoms with Crippen molar-refractivity contribution < 1.29 is 5.11 Å². The third kappa shape index (κ3) is 2.88. The van der Waals surface area contributed by atoms with Gasteiger partial charge in [-0.25, -0.2) is 10.0 Å². The fourth-order valence-electron chi connectivity index (χ4n) is 1.46. The smallest absolute Gasteiger partial charge is 0.168 e. The number of hydrogen-bond acceptors (Lipinski definition) is 4. The van der Waals surface area contributed by atoms with Crippen molar-refractivity contribution in [2.75, 3.05) is 6.73 Å². The molecule has 1 atom stereocenters. The van der Waals surface area contributed by atoms with E-state index in [1.54, 1.807) is 0 Å². The molecular formula is C10H8Br2ClN3O. The largest absolute Gasteiger partial charge is 0.375 e. The van der Waals surface area contributed by atoms with Gasteiger partial charge in [0.2, 0.25) is 0 Å². The second-order valence-corrected chi connectivity index (χ2v) is 5.47. The van der Waals surface area contributed by atoms with E-state index in [0.29, 0.717) is 5.17 Å². The number of nitrogens with zero attached hydrogens (tertiary/aromatic N) is 3. The molecule has 0 aromatic heterocycles.